The number of thioether (sulfide) groups is 1. The number of benzene rings is 1. The van der Waals surface area contributed by atoms with Gasteiger partial charge in [-0.2, -0.15) is 11.8 Å². The van der Waals surface area contributed by atoms with Gasteiger partial charge < -0.3 is 10.3 Å². The highest BCUT2D eigenvalue weighted by Crippen LogP contribution is 2.34. The van der Waals surface area contributed by atoms with Gasteiger partial charge in [0.2, 0.25) is 5.91 Å². The molecule has 3 aromatic rings. The molecule has 4 rings (SSSR count). The molecule has 33 heavy (non-hydrogen) atoms. The molecule has 2 aromatic heterocycles. The SMILES string of the molecule is CCN(CC)C(CNC(=O)CCSCc1nc2sc3c(c2c(=O)[nH]1)CCC3)c1ccccc1. The van der Waals surface area contributed by atoms with E-state index in [1.807, 2.05) is 18.2 Å². The summed E-state index contributed by atoms with van der Waals surface area (Å²) in [6.45, 7) is 6.77. The Morgan fingerprint density at radius 3 is 2.79 bits per heavy atom. The minimum absolute atomic E-state index is 0.0175. The second-order valence-corrected chi connectivity index (χ2v) is 10.5. The third-order valence-electron chi connectivity index (χ3n) is 6.27. The summed E-state index contributed by atoms with van der Waals surface area (Å²) < 4.78 is 0. The molecule has 1 atom stereocenters. The summed E-state index contributed by atoms with van der Waals surface area (Å²) in [7, 11) is 0. The first kappa shape index (κ1) is 24.0. The topological polar surface area (TPSA) is 78.1 Å². The molecule has 2 heterocycles. The van der Waals surface area contributed by atoms with Crippen LogP contribution in [0.2, 0.25) is 0 Å². The van der Waals surface area contributed by atoms with Crippen molar-refractivity contribution in [3.05, 3.63) is 62.5 Å². The summed E-state index contributed by atoms with van der Waals surface area (Å²) in [5.41, 5.74) is 2.41. The lowest BCUT2D eigenvalue weighted by atomic mass is 10.1. The van der Waals surface area contributed by atoms with Crippen molar-refractivity contribution in [3.63, 3.8) is 0 Å². The summed E-state index contributed by atoms with van der Waals surface area (Å²) in [4.78, 5) is 37.2. The van der Waals surface area contributed by atoms with E-state index in [2.05, 4.69) is 46.2 Å². The van der Waals surface area contributed by atoms with E-state index in [-0.39, 0.29) is 17.5 Å². The van der Waals surface area contributed by atoms with E-state index in [0.29, 0.717) is 30.3 Å². The fraction of sp³-hybridized carbons (Fsp3) is 0.480. The van der Waals surface area contributed by atoms with Crippen molar-refractivity contribution in [1.82, 2.24) is 20.2 Å². The van der Waals surface area contributed by atoms with Crippen LogP contribution in [-0.2, 0) is 23.4 Å². The van der Waals surface area contributed by atoms with E-state index >= 15 is 0 Å². The van der Waals surface area contributed by atoms with E-state index in [0.717, 1.165) is 42.6 Å². The molecule has 1 aliphatic rings. The number of thiophene rings is 1. The lowest BCUT2D eigenvalue weighted by Crippen LogP contribution is -2.38. The molecule has 6 nitrogen and oxygen atoms in total. The number of aromatic amines is 1. The molecular weight excluding hydrogens is 452 g/mol. The number of H-pyrrole nitrogens is 1. The zero-order chi connectivity index (χ0) is 23.2. The van der Waals surface area contributed by atoms with Crippen LogP contribution in [-0.4, -0.2) is 46.2 Å². The van der Waals surface area contributed by atoms with Crippen LogP contribution < -0.4 is 10.9 Å². The third kappa shape index (κ3) is 5.67. The first-order valence-corrected chi connectivity index (χ1v) is 13.7. The second-order valence-electron chi connectivity index (χ2n) is 8.30. The number of hydrogen-bond acceptors (Lipinski definition) is 6. The minimum Gasteiger partial charge on any atom is -0.354 e. The zero-order valence-corrected chi connectivity index (χ0v) is 21.0. The van der Waals surface area contributed by atoms with Crippen LogP contribution in [0.5, 0.6) is 0 Å². The van der Waals surface area contributed by atoms with Gasteiger partial charge in [-0.3, -0.25) is 14.5 Å². The Bertz CT molecular complexity index is 1140. The number of amides is 1. The third-order valence-corrected chi connectivity index (χ3v) is 8.42. The Morgan fingerprint density at radius 2 is 2.03 bits per heavy atom. The van der Waals surface area contributed by atoms with Crippen LogP contribution in [0.1, 0.15) is 54.6 Å². The monoisotopic (exact) mass is 484 g/mol. The van der Waals surface area contributed by atoms with Gasteiger partial charge in [0.15, 0.2) is 0 Å². The number of carbonyl (C=O) groups excluding carboxylic acids is 1. The predicted octanol–water partition coefficient (Wildman–Crippen LogP) is 4.30. The van der Waals surface area contributed by atoms with Crippen LogP contribution in [0.4, 0.5) is 0 Å². The van der Waals surface area contributed by atoms with Crippen molar-refractivity contribution in [2.24, 2.45) is 0 Å². The number of likely N-dealkylation sites (N-methyl/N-ethyl adjacent to an activating group) is 1. The van der Waals surface area contributed by atoms with E-state index in [4.69, 9.17) is 0 Å². The number of hydrogen-bond donors (Lipinski definition) is 2. The summed E-state index contributed by atoms with van der Waals surface area (Å²) in [6.07, 6.45) is 3.64. The molecule has 1 amide bonds. The molecule has 0 fully saturated rings. The van der Waals surface area contributed by atoms with Gasteiger partial charge in [0.25, 0.3) is 5.56 Å². The first-order valence-electron chi connectivity index (χ1n) is 11.8. The largest absolute Gasteiger partial charge is 0.354 e. The molecule has 0 aliphatic heterocycles. The number of carbonyl (C=O) groups is 1. The zero-order valence-electron chi connectivity index (χ0n) is 19.4. The van der Waals surface area contributed by atoms with Gasteiger partial charge >= 0.3 is 0 Å². The van der Waals surface area contributed by atoms with Crippen molar-refractivity contribution in [3.8, 4) is 0 Å². The van der Waals surface area contributed by atoms with Crippen LogP contribution in [0.15, 0.2) is 35.1 Å². The van der Waals surface area contributed by atoms with Crippen molar-refractivity contribution < 1.29 is 4.79 Å². The minimum atomic E-state index is -0.0175. The van der Waals surface area contributed by atoms with Gasteiger partial charge in [0.1, 0.15) is 10.7 Å². The smallest absolute Gasteiger partial charge is 0.259 e. The van der Waals surface area contributed by atoms with Crippen molar-refractivity contribution in [2.75, 3.05) is 25.4 Å². The van der Waals surface area contributed by atoms with E-state index in [1.54, 1.807) is 23.1 Å². The van der Waals surface area contributed by atoms with Crippen LogP contribution >= 0.6 is 23.1 Å². The van der Waals surface area contributed by atoms with Gasteiger partial charge in [0.05, 0.1) is 17.2 Å². The Balaban J connectivity index is 1.27. The van der Waals surface area contributed by atoms with Gasteiger partial charge in [-0.15, -0.1) is 11.3 Å². The molecule has 0 bridgehead atoms. The molecule has 2 N–H and O–H groups in total. The van der Waals surface area contributed by atoms with Crippen LogP contribution in [0.3, 0.4) is 0 Å². The molecule has 1 aromatic carbocycles. The lowest BCUT2D eigenvalue weighted by Gasteiger charge is -2.30. The van der Waals surface area contributed by atoms with E-state index in [1.165, 1.54) is 16.0 Å². The lowest BCUT2D eigenvalue weighted by molar-refractivity contribution is -0.120. The Kier molecular flexibility index (Phi) is 8.22. The molecule has 0 saturated heterocycles. The molecular formula is C25H32N4O2S2. The highest BCUT2D eigenvalue weighted by atomic mass is 32.2. The molecule has 176 valence electrons. The number of nitrogens with one attached hydrogen (secondary N) is 2. The predicted molar refractivity (Wildman–Crippen MR) is 138 cm³/mol. The van der Waals surface area contributed by atoms with Crippen molar-refractivity contribution in [2.45, 2.75) is 51.3 Å². The number of nitrogens with zero attached hydrogens (tertiary/aromatic N) is 2. The fourth-order valence-electron chi connectivity index (χ4n) is 4.55. The molecule has 8 heteroatoms. The average Bonchev–Trinajstić information content (AvgIpc) is 3.41. The maximum atomic E-state index is 12.6. The average molecular weight is 485 g/mol. The molecule has 1 aliphatic carbocycles. The van der Waals surface area contributed by atoms with Gasteiger partial charge in [-0.05, 0) is 43.5 Å². The summed E-state index contributed by atoms with van der Waals surface area (Å²) in [5, 5.41) is 3.91. The van der Waals surface area contributed by atoms with Crippen molar-refractivity contribution in [1.29, 1.82) is 0 Å². The van der Waals surface area contributed by atoms with Crippen LogP contribution in [0.25, 0.3) is 10.2 Å². The number of fused-ring (bicyclic) bond motifs is 3. The fourth-order valence-corrected chi connectivity index (χ4v) is 6.63. The van der Waals surface area contributed by atoms with E-state index in [9.17, 15) is 9.59 Å². The molecule has 1 unspecified atom stereocenters. The Morgan fingerprint density at radius 1 is 1.24 bits per heavy atom. The maximum absolute atomic E-state index is 12.6. The highest BCUT2D eigenvalue weighted by molar-refractivity contribution is 7.98. The van der Waals surface area contributed by atoms with Gasteiger partial charge in [-0.25, -0.2) is 4.98 Å². The standard InChI is InChI=1S/C25H32N4O2S2/c1-3-29(4-2)19(17-9-6-5-7-10-17)15-26-22(30)13-14-32-16-21-27-24(31)23-18-11-8-12-20(18)33-25(23)28-21/h5-7,9-10,19H,3-4,8,11-16H2,1-2H3,(H,26,30)(H,27,28,31). The normalized spacial score (nSPS) is 14.0. The first-order chi connectivity index (χ1) is 16.1. The number of aryl methyl sites for hydroxylation is 2. The van der Waals surface area contributed by atoms with Crippen molar-refractivity contribution >= 4 is 39.2 Å². The summed E-state index contributed by atoms with van der Waals surface area (Å²) in [5.74, 6) is 2.05. The quantitative estimate of drug-likeness (QED) is 0.397. The maximum Gasteiger partial charge on any atom is 0.259 e. The summed E-state index contributed by atoms with van der Waals surface area (Å²) >= 11 is 3.29. The van der Waals surface area contributed by atoms with Gasteiger partial charge in [0, 0.05) is 23.6 Å². The molecule has 0 spiro atoms. The second kappa shape index (κ2) is 11.3. The molecule has 0 saturated carbocycles. The van der Waals surface area contributed by atoms with Gasteiger partial charge in [-0.1, -0.05) is 44.2 Å². The highest BCUT2D eigenvalue weighted by Gasteiger charge is 2.21. The number of aromatic nitrogens is 2. The number of rotatable bonds is 11. The van der Waals surface area contributed by atoms with Crippen LogP contribution in [0, 0.1) is 0 Å². The van der Waals surface area contributed by atoms with E-state index < -0.39 is 0 Å². The summed E-state index contributed by atoms with van der Waals surface area (Å²) in [6, 6.07) is 10.5. The Hall–Kier alpha value is -2.16. The molecule has 0 radical (unpaired) electrons. The Labute approximate surface area is 203 Å².